The van der Waals surface area contributed by atoms with Gasteiger partial charge in [-0.25, -0.2) is 8.42 Å². The smallest absolute Gasteiger partial charge is 0.288 e. The van der Waals surface area contributed by atoms with Gasteiger partial charge in [0.25, 0.3) is 5.69 Å². The number of rotatable bonds is 6. The molecule has 1 rings (SSSR count). The van der Waals surface area contributed by atoms with Crippen LogP contribution in [-0.4, -0.2) is 25.6 Å². The molecule has 0 aliphatic carbocycles. The van der Waals surface area contributed by atoms with Crippen molar-refractivity contribution < 1.29 is 13.3 Å². The fourth-order valence-corrected chi connectivity index (χ4v) is 2.67. The van der Waals surface area contributed by atoms with Crippen LogP contribution in [0.5, 0.6) is 0 Å². The molecule has 2 atom stereocenters. The molecule has 1 aromatic carbocycles. The number of nitro groups is 1. The Balaban J connectivity index is 3.17. The highest BCUT2D eigenvalue weighted by molar-refractivity contribution is 7.90. The molecule has 0 heterocycles. The number of benzene rings is 1. The summed E-state index contributed by atoms with van der Waals surface area (Å²) in [5.74, 6) is 0.409. The molecule has 1 aromatic rings. The van der Waals surface area contributed by atoms with Gasteiger partial charge in [0.15, 0.2) is 9.84 Å². The number of nitrogens with one attached hydrogen (secondary N) is 1. The van der Waals surface area contributed by atoms with Gasteiger partial charge in [0, 0.05) is 24.1 Å². The molecule has 112 valence electrons. The summed E-state index contributed by atoms with van der Waals surface area (Å²) >= 11 is 0. The van der Waals surface area contributed by atoms with Gasteiger partial charge in [0.2, 0.25) is 0 Å². The van der Waals surface area contributed by atoms with Crippen LogP contribution < -0.4 is 5.32 Å². The van der Waals surface area contributed by atoms with Crippen LogP contribution in [0.15, 0.2) is 23.1 Å². The Morgan fingerprint density at radius 1 is 1.35 bits per heavy atom. The van der Waals surface area contributed by atoms with Crippen molar-refractivity contribution in [2.45, 2.75) is 38.1 Å². The van der Waals surface area contributed by atoms with Crippen molar-refractivity contribution in [1.29, 1.82) is 0 Å². The molecule has 0 fully saturated rings. The van der Waals surface area contributed by atoms with Crippen LogP contribution in [0.2, 0.25) is 0 Å². The normalized spacial score (nSPS) is 14.6. The summed E-state index contributed by atoms with van der Waals surface area (Å²) in [6, 6.07) is 4.23. The molecule has 0 saturated carbocycles. The van der Waals surface area contributed by atoms with E-state index in [0.29, 0.717) is 11.6 Å². The lowest BCUT2D eigenvalue weighted by molar-refractivity contribution is -0.387. The Hall–Kier alpha value is -1.63. The topological polar surface area (TPSA) is 89.3 Å². The van der Waals surface area contributed by atoms with E-state index in [1.807, 2.05) is 6.92 Å². The minimum Gasteiger partial charge on any atom is -0.382 e. The molecule has 0 aliphatic heterocycles. The van der Waals surface area contributed by atoms with E-state index in [0.717, 1.165) is 12.7 Å². The van der Waals surface area contributed by atoms with E-state index in [4.69, 9.17) is 0 Å². The Morgan fingerprint density at radius 3 is 2.40 bits per heavy atom. The lowest BCUT2D eigenvalue weighted by Gasteiger charge is -2.21. The fourth-order valence-electron chi connectivity index (χ4n) is 1.81. The van der Waals surface area contributed by atoms with Gasteiger partial charge in [-0.1, -0.05) is 20.3 Å². The standard InChI is InChI=1S/C13H20N2O4S/c1-5-9(2)10(3)14-11-6-7-12(15(16)17)13(8-11)20(4,18)19/h6-10,14H,5H2,1-4H3. The Labute approximate surface area is 119 Å². The maximum atomic E-state index is 11.7. The van der Waals surface area contributed by atoms with Crippen LogP contribution in [0.1, 0.15) is 27.2 Å². The zero-order chi connectivity index (χ0) is 15.5. The minimum absolute atomic E-state index is 0.147. The Kier molecular flexibility index (Phi) is 5.10. The largest absolute Gasteiger partial charge is 0.382 e. The predicted molar refractivity (Wildman–Crippen MR) is 78.7 cm³/mol. The molecule has 0 aliphatic rings. The summed E-state index contributed by atoms with van der Waals surface area (Å²) in [4.78, 5) is 9.93. The van der Waals surface area contributed by atoms with Crippen LogP contribution in [-0.2, 0) is 9.84 Å². The highest BCUT2D eigenvalue weighted by Crippen LogP contribution is 2.27. The monoisotopic (exact) mass is 300 g/mol. The summed E-state index contributed by atoms with van der Waals surface area (Å²) in [5, 5.41) is 14.1. The number of hydrogen-bond acceptors (Lipinski definition) is 5. The van der Waals surface area contributed by atoms with E-state index >= 15 is 0 Å². The van der Waals surface area contributed by atoms with Crippen LogP contribution in [0.3, 0.4) is 0 Å². The molecule has 0 aromatic heterocycles. The Morgan fingerprint density at radius 2 is 1.95 bits per heavy atom. The first-order valence-corrected chi connectivity index (χ1v) is 8.31. The van der Waals surface area contributed by atoms with Crippen LogP contribution >= 0.6 is 0 Å². The molecule has 20 heavy (non-hydrogen) atoms. The molecule has 7 heteroatoms. The van der Waals surface area contributed by atoms with Crippen molar-refractivity contribution in [3.8, 4) is 0 Å². The van der Waals surface area contributed by atoms with Gasteiger partial charge in [0.05, 0.1) is 4.92 Å². The molecule has 6 nitrogen and oxygen atoms in total. The molecule has 2 unspecified atom stereocenters. The average Bonchev–Trinajstić information content (AvgIpc) is 2.36. The average molecular weight is 300 g/mol. The maximum absolute atomic E-state index is 11.7. The number of nitrogens with zero attached hydrogens (tertiary/aromatic N) is 1. The summed E-state index contributed by atoms with van der Waals surface area (Å²) in [7, 11) is -3.64. The third kappa shape index (κ3) is 3.93. The van der Waals surface area contributed by atoms with E-state index in [1.54, 1.807) is 0 Å². The molecular formula is C13H20N2O4S. The van der Waals surface area contributed by atoms with Gasteiger partial charge >= 0.3 is 0 Å². The number of anilines is 1. The maximum Gasteiger partial charge on any atom is 0.288 e. The quantitative estimate of drug-likeness (QED) is 0.644. The van der Waals surface area contributed by atoms with Gasteiger partial charge in [-0.05, 0) is 25.0 Å². The van der Waals surface area contributed by atoms with Crippen molar-refractivity contribution in [1.82, 2.24) is 0 Å². The third-order valence-electron chi connectivity index (χ3n) is 3.45. The van der Waals surface area contributed by atoms with Crippen molar-refractivity contribution in [2.24, 2.45) is 5.92 Å². The number of hydrogen-bond donors (Lipinski definition) is 1. The molecule has 0 bridgehead atoms. The summed E-state index contributed by atoms with van der Waals surface area (Å²) in [6.07, 6.45) is 1.96. The summed E-state index contributed by atoms with van der Waals surface area (Å²) < 4.78 is 23.3. The molecular weight excluding hydrogens is 280 g/mol. The predicted octanol–water partition coefficient (Wildman–Crippen LogP) is 2.84. The van der Waals surface area contributed by atoms with E-state index in [-0.39, 0.29) is 10.9 Å². The SMILES string of the molecule is CCC(C)C(C)Nc1ccc([N+](=O)[O-])c(S(C)(=O)=O)c1. The van der Waals surface area contributed by atoms with Gasteiger partial charge in [0.1, 0.15) is 4.90 Å². The summed E-state index contributed by atoms with van der Waals surface area (Å²) in [5.41, 5.74) is 0.179. The van der Waals surface area contributed by atoms with Crippen molar-refractivity contribution in [2.75, 3.05) is 11.6 Å². The number of sulfone groups is 1. The molecule has 0 saturated heterocycles. The Bertz CT molecular complexity index is 598. The summed E-state index contributed by atoms with van der Waals surface area (Å²) in [6.45, 7) is 6.15. The van der Waals surface area contributed by atoms with Crippen molar-refractivity contribution in [3.05, 3.63) is 28.3 Å². The molecule has 0 amide bonds. The lowest BCUT2D eigenvalue weighted by atomic mass is 10.0. The van der Waals surface area contributed by atoms with Gasteiger partial charge in [-0.2, -0.15) is 0 Å². The van der Waals surface area contributed by atoms with E-state index in [9.17, 15) is 18.5 Å². The highest BCUT2D eigenvalue weighted by atomic mass is 32.2. The zero-order valence-electron chi connectivity index (χ0n) is 12.1. The number of nitro benzene ring substituents is 1. The molecule has 1 N–H and O–H groups in total. The van der Waals surface area contributed by atoms with Gasteiger partial charge in [-0.15, -0.1) is 0 Å². The van der Waals surface area contributed by atoms with E-state index in [2.05, 4.69) is 19.2 Å². The van der Waals surface area contributed by atoms with Crippen molar-refractivity contribution in [3.63, 3.8) is 0 Å². The van der Waals surface area contributed by atoms with Crippen molar-refractivity contribution >= 4 is 21.2 Å². The fraction of sp³-hybridized carbons (Fsp3) is 0.538. The van der Waals surface area contributed by atoms with E-state index in [1.165, 1.54) is 18.2 Å². The van der Waals surface area contributed by atoms with Crippen LogP contribution in [0, 0.1) is 16.0 Å². The highest BCUT2D eigenvalue weighted by Gasteiger charge is 2.23. The lowest BCUT2D eigenvalue weighted by Crippen LogP contribution is -2.23. The van der Waals surface area contributed by atoms with Gasteiger partial charge < -0.3 is 5.32 Å². The second-order valence-corrected chi connectivity index (χ2v) is 7.01. The molecule has 0 spiro atoms. The zero-order valence-corrected chi connectivity index (χ0v) is 12.9. The first-order chi connectivity index (χ1) is 9.16. The second-order valence-electron chi connectivity index (χ2n) is 5.03. The first-order valence-electron chi connectivity index (χ1n) is 6.41. The van der Waals surface area contributed by atoms with Crippen LogP contribution in [0.4, 0.5) is 11.4 Å². The second kappa shape index (κ2) is 6.21. The van der Waals surface area contributed by atoms with Gasteiger partial charge in [-0.3, -0.25) is 10.1 Å². The minimum atomic E-state index is -3.64. The van der Waals surface area contributed by atoms with E-state index < -0.39 is 20.4 Å². The molecule has 0 radical (unpaired) electrons. The first kappa shape index (κ1) is 16.4. The van der Waals surface area contributed by atoms with Crippen LogP contribution in [0.25, 0.3) is 0 Å². The third-order valence-corrected chi connectivity index (χ3v) is 4.57.